The van der Waals surface area contributed by atoms with E-state index in [1.54, 1.807) is 18.2 Å². The van der Waals surface area contributed by atoms with Crippen molar-refractivity contribution in [3.63, 3.8) is 0 Å². The van der Waals surface area contributed by atoms with Crippen molar-refractivity contribution in [3.8, 4) is 16.9 Å². The largest absolute Gasteiger partial charge is 0.432 e. The van der Waals surface area contributed by atoms with Gasteiger partial charge in [0.15, 0.2) is 14.6 Å². The van der Waals surface area contributed by atoms with Gasteiger partial charge in [-0.15, -0.1) is 0 Å². The maximum absolute atomic E-state index is 14.5. The van der Waals surface area contributed by atoms with E-state index in [2.05, 4.69) is 0 Å². The normalized spacial score (nSPS) is 20.4. The maximum Gasteiger partial charge on any atom is 0.400 e. The summed E-state index contributed by atoms with van der Waals surface area (Å²) >= 11 is 0. The molecule has 0 aliphatic heterocycles. The lowest BCUT2D eigenvalue weighted by Crippen LogP contribution is -2.49. The predicted molar refractivity (Wildman–Crippen MR) is 127 cm³/mol. The fraction of sp³-hybridized carbons (Fsp3) is 0.500. The number of ether oxygens (including phenoxy) is 1. The van der Waals surface area contributed by atoms with E-state index in [9.17, 15) is 31.9 Å². The highest BCUT2D eigenvalue weighted by Crippen LogP contribution is 2.38. The number of amides is 1. The van der Waals surface area contributed by atoms with Gasteiger partial charge in [0, 0.05) is 25.1 Å². The number of nitrogens with one attached hydrogen (secondary N) is 1. The van der Waals surface area contributed by atoms with E-state index >= 15 is 0 Å². The van der Waals surface area contributed by atoms with E-state index in [0.717, 1.165) is 13.2 Å². The first-order valence-corrected chi connectivity index (χ1v) is 13.4. The van der Waals surface area contributed by atoms with Gasteiger partial charge >= 0.3 is 6.11 Å². The minimum atomic E-state index is -3.90. The summed E-state index contributed by atoms with van der Waals surface area (Å²) in [6.07, 6.45) is -0.868. The fourth-order valence-electron chi connectivity index (χ4n) is 4.16. The summed E-state index contributed by atoms with van der Waals surface area (Å²) < 4.78 is 57.5. The molecule has 3 rings (SSSR count). The van der Waals surface area contributed by atoms with E-state index in [0.29, 0.717) is 24.0 Å². The van der Waals surface area contributed by atoms with E-state index in [-0.39, 0.29) is 31.6 Å². The Bertz CT molecular complexity index is 1240. The average Bonchev–Trinajstić information content (AvgIpc) is 2.82. The zero-order valence-electron chi connectivity index (χ0n) is 20.0. The molecule has 1 heterocycles. The molecule has 0 radical (unpaired) electrons. The molecule has 1 fully saturated rings. The Kier molecular flexibility index (Phi) is 8.21. The second-order valence-corrected chi connectivity index (χ2v) is 11.8. The molecule has 0 saturated heterocycles. The molecule has 1 amide bonds. The van der Waals surface area contributed by atoms with Gasteiger partial charge in [-0.25, -0.2) is 13.9 Å². The number of alkyl halides is 2. The molecule has 0 spiro atoms. The minimum absolute atomic E-state index is 0.0227. The van der Waals surface area contributed by atoms with E-state index in [1.165, 1.54) is 34.4 Å². The first-order chi connectivity index (χ1) is 16.8. The third-order valence-electron chi connectivity index (χ3n) is 6.84. The summed E-state index contributed by atoms with van der Waals surface area (Å²) in [4.78, 5) is 24.5. The lowest BCUT2D eigenvalue weighted by Gasteiger charge is -2.31. The van der Waals surface area contributed by atoms with E-state index < -0.39 is 44.2 Å². The SMILES string of the molecule is CC(CCn1ccc(-c2ccc(OC(F)(F)C3CCC(O)CC3)cc2)cc1=O)(C(=O)NO)S(C)(=O)=O. The number of pyridine rings is 1. The molecular weight excluding hydrogens is 498 g/mol. The van der Waals surface area contributed by atoms with Crippen LogP contribution in [0.3, 0.4) is 0 Å². The van der Waals surface area contributed by atoms with Gasteiger partial charge in [0.1, 0.15) is 5.75 Å². The third kappa shape index (κ3) is 6.11. The molecule has 2 aromatic rings. The number of hydrogen-bond acceptors (Lipinski definition) is 7. The van der Waals surface area contributed by atoms with Crippen LogP contribution in [0, 0.1) is 5.92 Å². The number of nitrogens with zero attached hydrogens (tertiary/aromatic N) is 1. The number of halogens is 2. The van der Waals surface area contributed by atoms with Gasteiger partial charge in [0.25, 0.3) is 11.5 Å². The smallest absolute Gasteiger partial charge is 0.400 e. The number of carbonyl (C=O) groups excluding carboxylic acids is 1. The lowest BCUT2D eigenvalue weighted by molar-refractivity contribution is -0.224. The fourth-order valence-corrected chi connectivity index (χ4v) is 5.00. The van der Waals surface area contributed by atoms with Gasteiger partial charge in [0.2, 0.25) is 0 Å². The van der Waals surface area contributed by atoms with Crippen molar-refractivity contribution in [2.45, 2.75) is 62.5 Å². The molecule has 9 nitrogen and oxygen atoms in total. The molecule has 0 bridgehead atoms. The lowest BCUT2D eigenvalue weighted by atomic mass is 9.86. The van der Waals surface area contributed by atoms with Crippen molar-refractivity contribution in [1.82, 2.24) is 10.0 Å². The average molecular weight is 529 g/mol. The number of aliphatic hydroxyl groups excluding tert-OH is 1. The van der Waals surface area contributed by atoms with Gasteiger partial charge in [-0.2, -0.15) is 8.78 Å². The topological polar surface area (TPSA) is 135 Å². The number of aromatic nitrogens is 1. The summed E-state index contributed by atoms with van der Waals surface area (Å²) in [6, 6.07) is 8.77. The molecule has 1 atom stereocenters. The number of aryl methyl sites for hydroxylation is 1. The number of benzene rings is 1. The zero-order valence-corrected chi connectivity index (χ0v) is 20.8. The highest BCUT2D eigenvalue weighted by Gasteiger charge is 2.44. The van der Waals surface area contributed by atoms with Gasteiger partial charge in [-0.05, 0) is 68.4 Å². The second kappa shape index (κ2) is 10.7. The van der Waals surface area contributed by atoms with Crippen molar-refractivity contribution >= 4 is 15.7 Å². The number of hydroxylamine groups is 1. The van der Waals surface area contributed by atoms with Crippen LogP contribution in [0.25, 0.3) is 11.1 Å². The Morgan fingerprint density at radius 1 is 1.14 bits per heavy atom. The van der Waals surface area contributed by atoms with Crippen LogP contribution in [-0.2, 0) is 21.2 Å². The minimum Gasteiger partial charge on any atom is -0.432 e. The molecular formula is C24H30F2N2O7S. The molecule has 3 N–H and O–H groups in total. The Balaban J connectivity index is 1.70. The van der Waals surface area contributed by atoms with Crippen molar-refractivity contribution in [3.05, 3.63) is 52.9 Å². The van der Waals surface area contributed by atoms with Gasteiger partial charge < -0.3 is 14.4 Å². The number of rotatable bonds is 9. The number of hydrogen-bond donors (Lipinski definition) is 3. The summed E-state index contributed by atoms with van der Waals surface area (Å²) in [5, 5.41) is 18.4. The Morgan fingerprint density at radius 2 is 1.75 bits per heavy atom. The van der Waals surface area contributed by atoms with Crippen LogP contribution in [0.1, 0.15) is 39.0 Å². The number of sulfone groups is 1. The zero-order chi connectivity index (χ0) is 26.7. The van der Waals surface area contributed by atoms with Crippen molar-refractivity contribution < 1.29 is 37.0 Å². The first kappa shape index (κ1) is 27.8. The van der Waals surface area contributed by atoms with Gasteiger partial charge in [-0.1, -0.05) is 12.1 Å². The number of aliphatic hydroxyl groups is 1. The summed E-state index contributed by atoms with van der Waals surface area (Å²) in [6.45, 7) is 1.06. The van der Waals surface area contributed by atoms with Gasteiger partial charge in [0.05, 0.1) is 12.0 Å². The van der Waals surface area contributed by atoms with Crippen LogP contribution in [0.2, 0.25) is 0 Å². The summed E-state index contributed by atoms with van der Waals surface area (Å²) in [7, 11) is -3.90. The highest BCUT2D eigenvalue weighted by atomic mass is 32.2. The second-order valence-electron chi connectivity index (χ2n) is 9.33. The summed E-state index contributed by atoms with van der Waals surface area (Å²) in [5.74, 6) is -2.09. The van der Waals surface area contributed by atoms with Crippen LogP contribution in [0.4, 0.5) is 8.78 Å². The Labute approximate surface area is 207 Å². The molecule has 1 aromatic heterocycles. The molecule has 1 saturated carbocycles. The number of carbonyl (C=O) groups is 1. The standard InChI is InChI=1S/C24H30F2N2O7S/c1-23(22(31)27-32,36(2,33)34)12-14-28-13-11-17(15-21(28)30)16-3-9-20(10-4-16)35-24(25,26)18-5-7-19(29)8-6-18/h3-4,9-11,13,15,18-19,29,32H,5-8,12,14H2,1-2H3,(H,27,31). The first-order valence-electron chi connectivity index (χ1n) is 11.5. The van der Waals surface area contributed by atoms with Crippen molar-refractivity contribution in [1.29, 1.82) is 0 Å². The van der Waals surface area contributed by atoms with Crippen molar-refractivity contribution in [2.75, 3.05) is 6.26 Å². The molecule has 1 aliphatic carbocycles. The van der Waals surface area contributed by atoms with E-state index in [4.69, 9.17) is 9.94 Å². The van der Waals surface area contributed by atoms with Crippen LogP contribution >= 0.6 is 0 Å². The van der Waals surface area contributed by atoms with Crippen LogP contribution in [0.5, 0.6) is 5.75 Å². The quantitative estimate of drug-likeness (QED) is 0.336. The molecule has 198 valence electrons. The van der Waals surface area contributed by atoms with Crippen molar-refractivity contribution in [2.24, 2.45) is 5.92 Å². The molecule has 1 aromatic carbocycles. The van der Waals surface area contributed by atoms with Crippen LogP contribution in [-0.4, -0.2) is 52.4 Å². The molecule has 1 unspecified atom stereocenters. The van der Waals surface area contributed by atoms with Crippen LogP contribution in [0.15, 0.2) is 47.4 Å². The van der Waals surface area contributed by atoms with Crippen LogP contribution < -0.4 is 15.8 Å². The van der Waals surface area contributed by atoms with Gasteiger partial charge in [-0.3, -0.25) is 14.8 Å². The molecule has 12 heteroatoms. The molecule has 1 aliphatic rings. The molecule has 36 heavy (non-hydrogen) atoms. The highest BCUT2D eigenvalue weighted by molar-refractivity contribution is 7.92. The maximum atomic E-state index is 14.5. The summed E-state index contributed by atoms with van der Waals surface area (Å²) in [5.41, 5.74) is 1.99. The Morgan fingerprint density at radius 3 is 2.28 bits per heavy atom. The predicted octanol–water partition coefficient (Wildman–Crippen LogP) is 2.74. The third-order valence-corrected chi connectivity index (χ3v) is 8.87. The van der Waals surface area contributed by atoms with E-state index in [1.807, 2.05) is 0 Å². The Hall–Kier alpha value is -2.83. The monoisotopic (exact) mass is 528 g/mol.